The molecule has 0 amide bonds. The van der Waals surface area contributed by atoms with Crippen molar-refractivity contribution >= 4 is 17.0 Å². The summed E-state index contributed by atoms with van der Waals surface area (Å²) in [6.07, 6.45) is 7.90. The summed E-state index contributed by atoms with van der Waals surface area (Å²) in [4.78, 5) is 3.67. The number of fused-ring (bicyclic) bond motifs is 7. The lowest BCUT2D eigenvalue weighted by atomic mass is 9.97. The van der Waals surface area contributed by atoms with Gasteiger partial charge in [0.1, 0.15) is 0 Å². The van der Waals surface area contributed by atoms with Gasteiger partial charge in [0.05, 0.1) is 5.52 Å². The second-order valence-corrected chi connectivity index (χ2v) is 5.81. The van der Waals surface area contributed by atoms with Gasteiger partial charge in [0.2, 0.25) is 0 Å². The molecule has 96 valence electrons. The SMILES string of the molecule is C1=Cc2[nH]c3c4c(ccc3c2CC1)Cc1ccccc1-4. The minimum atomic E-state index is 1.07. The van der Waals surface area contributed by atoms with Gasteiger partial charge in [-0.3, -0.25) is 0 Å². The number of aryl methyl sites for hydroxylation is 1. The number of rotatable bonds is 0. The van der Waals surface area contributed by atoms with Crippen LogP contribution in [0.25, 0.3) is 28.1 Å². The molecule has 1 heterocycles. The molecular formula is C19H15N. The van der Waals surface area contributed by atoms with E-state index in [-0.39, 0.29) is 0 Å². The fourth-order valence-electron chi connectivity index (χ4n) is 3.80. The van der Waals surface area contributed by atoms with Gasteiger partial charge in [0.25, 0.3) is 0 Å². The zero-order chi connectivity index (χ0) is 13.1. The largest absolute Gasteiger partial charge is 0.354 e. The van der Waals surface area contributed by atoms with Gasteiger partial charge in [-0.05, 0) is 47.6 Å². The van der Waals surface area contributed by atoms with Crippen molar-refractivity contribution < 1.29 is 0 Å². The molecule has 0 fully saturated rings. The van der Waals surface area contributed by atoms with E-state index in [1.807, 2.05) is 0 Å². The van der Waals surface area contributed by atoms with Gasteiger partial charge in [-0.1, -0.05) is 42.5 Å². The van der Waals surface area contributed by atoms with Gasteiger partial charge < -0.3 is 4.98 Å². The Balaban J connectivity index is 1.91. The maximum atomic E-state index is 3.67. The van der Waals surface area contributed by atoms with Crippen molar-refractivity contribution in [2.75, 3.05) is 0 Å². The third-order valence-corrected chi connectivity index (χ3v) is 4.71. The zero-order valence-electron chi connectivity index (χ0n) is 11.2. The Morgan fingerprint density at radius 3 is 2.90 bits per heavy atom. The molecule has 1 N–H and O–H groups in total. The molecule has 3 aromatic rings. The first-order valence-electron chi connectivity index (χ1n) is 7.33. The lowest BCUT2D eigenvalue weighted by Gasteiger charge is -2.05. The van der Waals surface area contributed by atoms with Crippen LogP contribution in [-0.4, -0.2) is 4.98 Å². The molecule has 20 heavy (non-hydrogen) atoms. The molecule has 2 aromatic carbocycles. The first kappa shape index (κ1) is 10.5. The van der Waals surface area contributed by atoms with E-state index in [1.54, 1.807) is 0 Å². The number of H-pyrrole nitrogens is 1. The summed E-state index contributed by atoms with van der Waals surface area (Å²) in [5.74, 6) is 0. The fraction of sp³-hybridized carbons (Fsp3) is 0.158. The molecule has 0 unspecified atom stereocenters. The molecule has 1 nitrogen and oxygen atoms in total. The standard InChI is InChI=1S/C19H15N/c1-2-6-14-12(5-1)11-13-9-10-16-15-7-3-4-8-17(15)20-19(16)18(13)14/h1-2,4-6,8-10,20H,3,7,11H2. The molecule has 0 saturated heterocycles. The third kappa shape index (κ3) is 1.23. The second kappa shape index (κ2) is 3.63. The van der Waals surface area contributed by atoms with Crippen LogP contribution >= 0.6 is 0 Å². The summed E-state index contributed by atoms with van der Waals surface area (Å²) in [5.41, 5.74) is 9.90. The van der Waals surface area contributed by atoms with E-state index in [0.29, 0.717) is 0 Å². The van der Waals surface area contributed by atoms with Crippen LogP contribution < -0.4 is 0 Å². The molecule has 0 aliphatic heterocycles. The Bertz CT molecular complexity index is 880. The van der Waals surface area contributed by atoms with Crippen LogP contribution in [0.2, 0.25) is 0 Å². The Morgan fingerprint density at radius 1 is 0.950 bits per heavy atom. The van der Waals surface area contributed by atoms with E-state index in [4.69, 9.17) is 0 Å². The van der Waals surface area contributed by atoms with E-state index < -0.39 is 0 Å². The molecule has 0 saturated carbocycles. The van der Waals surface area contributed by atoms with Crippen molar-refractivity contribution in [3.63, 3.8) is 0 Å². The summed E-state index contributed by atoms with van der Waals surface area (Å²) in [6.45, 7) is 0. The highest BCUT2D eigenvalue weighted by atomic mass is 14.7. The predicted molar refractivity (Wildman–Crippen MR) is 83.9 cm³/mol. The molecule has 5 rings (SSSR count). The molecule has 2 aliphatic rings. The summed E-state index contributed by atoms with van der Waals surface area (Å²) in [7, 11) is 0. The van der Waals surface area contributed by atoms with Gasteiger partial charge in [0.15, 0.2) is 0 Å². The van der Waals surface area contributed by atoms with E-state index in [0.717, 1.165) is 19.3 Å². The monoisotopic (exact) mass is 257 g/mol. The second-order valence-electron chi connectivity index (χ2n) is 5.81. The predicted octanol–water partition coefficient (Wildman–Crippen LogP) is 4.70. The molecule has 0 bridgehead atoms. The van der Waals surface area contributed by atoms with Crippen LogP contribution in [-0.2, 0) is 12.8 Å². The van der Waals surface area contributed by atoms with Crippen molar-refractivity contribution in [3.8, 4) is 11.1 Å². The molecule has 0 spiro atoms. The molecule has 0 atom stereocenters. The van der Waals surface area contributed by atoms with Crippen molar-refractivity contribution in [1.29, 1.82) is 0 Å². The van der Waals surface area contributed by atoms with E-state index in [1.165, 1.54) is 44.4 Å². The van der Waals surface area contributed by atoms with E-state index in [9.17, 15) is 0 Å². The fourth-order valence-corrected chi connectivity index (χ4v) is 3.80. The van der Waals surface area contributed by atoms with Gasteiger partial charge >= 0.3 is 0 Å². The van der Waals surface area contributed by atoms with Gasteiger partial charge in [-0.2, -0.15) is 0 Å². The Hall–Kier alpha value is -2.28. The van der Waals surface area contributed by atoms with Gasteiger partial charge in [-0.15, -0.1) is 0 Å². The van der Waals surface area contributed by atoms with Crippen LogP contribution in [0.15, 0.2) is 42.5 Å². The summed E-state index contributed by atoms with van der Waals surface area (Å²) in [6, 6.07) is 13.4. The van der Waals surface area contributed by atoms with E-state index in [2.05, 4.69) is 53.5 Å². The molecule has 1 aromatic heterocycles. The minimum Gasteiger partial charge on any atom is -0.354 e. The Kier molecular flexibility index (Phi) is 1.91. The van der Waals surface area contributed by atoms with Crippen molar-refractivity contribution in [1.82, 2.24) is 4.98 Å². The zero-order valence-corrected chi connectivity index (χ0v) is 11.2. The number of aromatic amines is 1. The van der Waals surface area contributed by atoms with Crippen molar-refractivity contribution in [3.05, 3.63) is 64.9 Å². The average Bonchev–Trinajstić information content (AvgIpc) is 3.04. The summed E-state index contributed by atoms with van der Waals surface area (Å²) in [5, 5.41) is 1.42. The van der Waals surface area contributed by atoms with Crippen LogP contribution in [0, 0.1) is 0 Å². The molecule has 0 radical (unpaired) electrons. The van der Waals surface area contributed by atoms with Crippen LogP contribution in [0.1, 0.15) is 28.8 Å². The number of hydrogen-bond donors (Lipinski definition) is 1. The highest BCUT2D eigenvalue weighted by Crippen LogP contribution is 2.42. The van der Waals surface area contributed by atoms with Crippen LogP contribution in [0.5, 0.6) is 0 Å². The van der Waals surface area contributed by atoms with Gasteiger partial charge in [0, 0.05) is 16.6 Å². The Morgan fingerprint density at radius 2 is 1.90 bits per heavy atom. The number of nitrogens with one attached hydrogen (secondary N) is 1. The van der Waals surface area contributed by atoms with Gasteiger partial charge in [-0.25, -0.2) is 0 Å². The quantitative estimate of drug-likeness (QED) is 0.470. The van der Waals surface area contributed by atoms with Crippen LogP contribution in [0.3, 0.4) is 0 Å². The smallest absolute Gasteiger partial charge is 0.0544 e. The van der Waals surface area contributed by atoms with Crippen molar-refractivity contribution in [2.45, 2.75) is 19.3 Å². The Labute approximate surface area is 118 Å². The maximum absolute atomic E-state index is 3.67. The molecule has 2 aliphatic carbocycles. The van der Waals surface area contributed by atoms with Crippen LogP contribution in [0.4, 0.5) is 0 Å². The number of hydrogen-bond acceptors (Lipinski definition) is 0. The summed E-state index contributed by atoms with van der Waals surface area (Å²) < 4.78 is 0. The molecule has 1 heteroatoms. The number of aromatic nitrogens is 1. The highest BCUT2D eigenvalue weighted by molar-refractivity contribution is 6.02. The summed E-state index contributed by atoms with van der Waals surface area (Å²) >= 11 is 0. The first-order valence-corrected chi connectivity index (χ1v) is 7.33. The highest BCUT2D eigenvalue weighted by Gasteiger charge is 2.23. The maximum Gasteiger partial charge on any atom is 0.0544 e. The average molecular weight is 257 g/mol. The lowest BCUT2D eigenvalue weighted by Crippen LogP contribution is -1.90. The topological polar surface area (TPSA) is 15.8 Å². The first-order chi connectivity index (χ1) is 9.92. The number of allylic oxidation sites excluding steroid dienone is 1. The normalized spacial score (nSPS) is 15.2. The minimum absolute atomic E-state index is 1.07. The third-order valence-electron chi connectivity index (χ3n) is 4.71. The molecular weight excluding hydrogens is 242 g/mol. The van der Waals surface area contributed by atoms with Crippen molar-refractivity contribution in [2.24, 2.45) is 0 Å². The number of benzene rings is 2. The van der Waals surface area contributed by atoms with E-state index >= 15 is 0 Å². The lowest BCUT2D eigenvalue weighted by molar-refractivity contribution is 0.992.